The van der Waals surface area contributed by atoms with E-state index in [9.17, 15) is 9.18 Å². The Hall–Kier alpha value is -2.36. The van der Waals surface area contributed by atoms with Gasteiger partial charge in [0.1, 0.15) is 18.2 Å². The number of hydrogen-bond acceptors (Lipinski definition) is 3. The lowest BCUT2D eigenvalue weighted by Crippen LogP contribution is -2.08. The molecule has 0 aliphatic carbocycles. The lowest BCUT2D eigenvalue weighted by molar-refractivity contribution is 0.0939. The third-order valence-corrected chi connectivity index (χ3v) is 3.13. The molecule has 3 nitrogen and oxygen atoms in total. The normalized spacial score (nSPS) is 10.7. The number of nitrogens with two attached hydrogens (primary N) is 1. The fourth-order valence-corrected chi connectivity index (χ4v) is 1.91. The van der Waals surface area contributed by atoms with Crippen molar-refractivity contribution in [2.24, 2.45) is 5.92 Å². The molecule has 110 valence electrons. The molecular weight excluding hydrogens is 269 g/mol. The van der Waals surface area contributed by atoms with Gasteiger partial charge in [-0.3, -0.25) is 4.79 Å². The molecule has 0 saturated carbocycles. The van der Waals surface area contributed by atoms with Gasteiger partial charge in [0.25, 0.3) is 0 Å². The van der Waals surface area contributed by atoms with Crippen molar-refractivity contribution < 1.29 is 13.9 Å². The van der Waals surface area contributed by atoms with Crippen molar-refractivity contribution in [3.63, 3.8) is 0 Å². The molecule has 0 bridgehead atoms. The number of halogens is 1. The van der Waals surface area contributed by atoms with Crippen LogP contribution in [0.3, 0.4) is 0 Å². The largest absolute Gasteiger partial charge is 0.487 e. The topological polar surface area (TPSA) is 52.3 Å². The molecule has 2 aromatic carbocycles. The van der Waals surface area contributed by atoms with Gasteiger partial charge in [-0.1, -0.05) is 26.0 Å². The third-order valence-electron chi connectivity index (χ3n) is 3.13. The smallest absolute Gasteiger partial charge is 0.165 e. The van der Waals surface area contributed by atoms with Crippen LogP contribution in [0.1, 0.15) is 29.8 Å². The molecule has 2 N–H and O–H groups in total. The van der Waals surface area contributed by atoms with Gasteiger partial charge in [-0.2, -0.15) is 0 Å². The van der Waals surface area contributed by atoms with E-state index in [4.69, 9.17) is 10.5 Å². The Kier molecular flexibility index (Phi) is 4.58. The molecule has 0 aliphatic heterocycles. The van der Waals surface area contributed by atoms with E-state index < -0.39 is 0 Å². The zero-order chi connectivity index (χ0) is 15.4. The van der Waals surface area contributed by atoms with Gasteiger partial charge >= 0.3 is 0 Å². The summed E-state index contributed by atoms with van der Waals surface area (Å²) in [6.45, 7) is 3.98. The lowest BCUT2D eigenvalue weighted by Gasteiger charge is -2.11. The number of ether oxygens (including phenoxy) is 1. The number of ketones is 1. The highest BCUT2D eigenvalue weighted by molar-refractivity contribution is 5.98. The standard InChI is InChI=1S/C17H18FNO2/c1-11(2)17(20)13-5-8-16(15(19)9-13)21-10-12-3-6-14(18)7-4-12/h3-9,11H,10,19H2,1-2H3. The Morgan fingerprint density at radius 3 is 2.43 bits per heavy atom. The molecule has 4 heteroatoms. The second kappa shape index (κ2) is 6.39. The number of Topliss-reactive ketones (excluding diaryl/α,β-unsaturated/α-hetero) is 1. The number of carbonyl (C=O) groups excluding carboxylic acids is 1. The quantitative estimate of drug-likeness (QED) is 0.671. The number of hydrogen-bond donors (Lipinski definition) is 1. The average molecular weight is 287 g/mol. The molecule has 0 amide bonds. The highest BCUT2D eigenvalue weighted by Crippen LogP contribution is 2.25. The molecule has 21 heavy (non-hydrogen) atoms. The van der Waals surface area contributed by atoms with Gasteiger partial charge in [-0.15, -0.1) is 0 Å². The maximum absolute atomic E-state index is 12.8. The van der Waals surface area contributed by atoms with Crippen LogP contribution in [-0.2, 0) is 6.61 Å². The van der Waals surface area contributed by atoms with Crippen LogP contribution in [0.4, 0.5) is 10.1 Å². The first-order valence-electron chi connectivity index (χ1n) is 6.78. The first-order valence-corrected chi connectivity index (χ1v) is 6.78. The van der Waals surface area contributed by atoms with E-state index in [2.05, 4.69) is 0 Å². The summed E-state index contributed by atoms with van der Waals surface area (Å²) in [4.78, 5) is 11.9. The van der Waals surface area contributed by atoms with Gasteiger partial charge in [0.2, 0.25) is 0 Å². The average Bonchev–Trinajstić information content (AvgIpc) is 2.46. The molecule has 2 aromatic rings. The minimum atomic E-state index is -0.283. The van der Waals surface area contributed by atoms with Gasteiger partial charge < -0.3 is 10.5 Å². The van der Waals surface area contributed by atoms with Crippen molar-refractivity contribution in [1.82, 2.24) is 0 Å². The van der Waals surface area contributed by atoms with Crippen molar-refractivity contribution in [2.75, 3.05) is 5.73 Å². The van der Waals surface area contributed by atoms with Crippen molar-refractivity contribution in [2.45, 2.75) is 20.5 Å². The van der Waals surface area contributed by atoms with Gasteiger partial charge in [-0.05, 0) is 35.9 Å². The van der Waals surface area contributed by atoms with Crippen LogP contribution >= 0.6 is 0 Å². The Morgan fingerprint density at radius 1 is 1.19 bits per heavy atom. The molecule has 0 saturated heterocycles. The number of benzene rings is 2. The van der Waals surface area contributed by atoms with Crippen molar-refractivity contribution in [1.29, 1.82) is 0 Å². The molecule has 0 unspecified atom stereocenters. The number of anilines is 1. The minimum absolute atomic E-state index is 0.0479. The summed E-state index contributed by atoms with van der Waals surface area (Å²) in [6.07, 6.45) is 0. The van der Waals surface area contributed by atoms with E-state index in [0.29, 0.717) is 23.6 Å². The molecule has 0 aromatic heterocycles. The van der Waals surface area contributed by atoms with E-state index in [1.165, 1.54) is 12.1 Å². The summed E-state index contributed by atoms with van der Waals surface area (Å²) < 4.78 is 18.4. The summed E-state index contributed by atoms with van der Waals surface area (Å²) in [6, 6.07) is 11.1. The maximum atomic E-state index is 12.8. The minimum Gasteiger partial charge on any atom is -0.487 e. The van der Waals surface area contributed by atoms with Crippen LogP contribution < -0.4 is 10.5 Å². The fourth-order valence-electron chi connectivity index (χ4n) is 1.91. The van der Waals surface area contributed by atoms with Crippen LogP contribution in [0, 0.1) is 11.7 Å². The predicted octanol–water partition coefficient (Wildman–Crippen LogP) is 3.83. The first-order chi connectivity index (χ1) is 9.97. The second-order valence-electron chi connectivity index (χ2n) is 5.19. The van der Waals surface area contributed by atoms with E-state index in [1.54, 1.807) is 30.3 Å². The number of carbonyl (C=O) groups is 1. The monoisotopic (exact) mass is 287 g/mol. The van der Waals surface area contributed by atoms with Crippen LogP contribution in [0.15, 0.2) is 42.5 Å². The first kappa shape index (κ1) is 15.0. The number of nitrogen functional groups attached to an aromatic ring is 1. The third kappa shape index (κ3) is 3.81. The fraction of sp³-hybridized carbons (Fsp3) is 0.235. The maximum Gasteiger partial charge on any atom is 0.165 e. The van der Waals surface area contributed by atoms with Crippen molar-refractivity contribution in [3.05, 3.63) is 59.4 Å². The summed E-state index contributed by atoms with van der Waals surface area (Å²) in [5.74, 6) is 0.205. The molecule has 0 radical (unpaired) electrons. The zero-order valence-electron chi connectivity index (χ0n) is 12.1. The molecule has 0 spiro atoms. The van der Waals surface area contributed by atoms with Gasteiger partial charge in [-0.25, -0.2) is 4.39 Å². The van der Waals surface area contributed by atoms with Gasteiger partial charge in [0, 0.05) is 11.5 Å². The van der Waals surface area contributed by atoms with E-state index in [-0.39, 0.29) is 17.5 Å². The highest BCUT2D eigenvalue weighted by atomic mass is 19.1. The van der Waals surface area contributed by atoms with Crippen molar-refractivity contribution in [3.8, 4) is 5.75 Å². The molecule has 0 fully saturated rings. The van der Waals surface area contributed by atoms with E-state index in [0.717, 1.165) is 5.56 Å². The van der Waals surface area contributed by atoms with Crippen LogP contribution in [-0.4, -0.2) is 5.78 Å². The van der Waals surface area contributed by atoms with E-state index >= 15 is 0 Å². The molecule has 0 heterocycles. The van der Waals surface area contributed by atoms with E-state index in [1.807, 2.05) is 13.8 Å². The van der Waals surface area contributed by atoms with Crippen LogP contribution in [0.25, 0.3) is 0 Å². The summed E-state index contributed by atoms with van der Waals surface area (Å²) in [5.41, 5.74) is 7.76. The second-order valence-corrected chi connectivity index (χ2v) is 5.19. The van der Waals surface area contributed by atoms with Crippen LogP contribution in [0.2, 0.25) is 0 Å². The molecule has 2 rings (SSSR count). The summed E-state index contributed by atoms with van der Waals surface area (Å²) in [7, 11) is 0. The van der Waals surface area contributed by atoms with Crippen molar-refractivity contribution >= 4 is 11.5 Å². The summed E-state index contributed by atoms with van der Waals surface area (Å²) >= 11 is 0. The lowest BCUT2D eigenvalue weighted by atomic mass is 10.0. The summed E-state index contributed by atoms with van der Waals surface area (Å²) in [5, 5.41) is 0. The Balaban J connectivity index is 2.07. The number of rotatable bonds is 5. The zero-order valence-corrected chi connectivity index (χ0v) is 12.1. The Morgan fingerprint density at radius 2 is 1.86 bits per heavy atom. The highest BCUT2D eigenvalue weighted by Gasteiger charge is 2.12. The molecule has 0 aliphatic rings. The Bertz CT molecular complexity index is 636. The SMILES string of the molecule is CC(C)C(=O)c1ccc(OCc2ccc(F)cc2)c(N)c1. The van der Waals surface area contributed by atoms with Gasteiger partial charge in [0.05, 0.1) is 5.69 Å². The van der Waals surface area contributed by atoms with Crippen LogP contribution in [0.5, 0.6) is 5.75 Å². The Labute approximate surface area is 123 Å². The van der Waals surface area contributed by atoms with Gasteiger partial charge in [0.15, 0.2) is 5.78 Å². The predicted molar refractivity (Wildman–Crippen MR) is 80.8 cm³/mol. The molecule has 0 atom stereocenters. The molecular formula is C17H18FNO2.